The monoisotopic (exact) mass is 512 g/mol. The van der Waals surface area contributed by atoms with Crippen molar-refractivity contribution in [1.29, 1.82) is 0 Å². The highest BCUT2D eigenvalue weighted by Crippen LogP contribution is 2.64. The number of rotatable bonds is 6. The van der Waals surface area contributed by atoms with E-state index >= 15 is 0 Å². The van der Waals surface area contributed by atoms with Crippen molar-refractivity contribution in [2.75, 3.05) is 20.3 Å². The summed E-state index contributed by atoms with van der Waals surface area (Å²) in [7, 11) is 1.68. The van der Waals surface area contributed by atoms with Gasteiger partial charge in [0.25, 0.3) is 0 Å². The van der Waals surface area contributed by atoms with Crippen molar-refractivity contribution in [1.82, 2.24) is 0 Å². The first-order valence-electron chi connectivity index (χ1n) is 13.2. The zero-order valence-corrected chi connectivity index (χ0v) is 23.1. The molecule has 2 heterocycles. The van der Waals surface area contributed by atoms with Crippen LogP contribution in [0.5, 0.6) is 5.75 Å². The number of carbonyl (C=O) groups is 1. The summed E-state index contributed by atoms with van der Waals surface area (Å²) < 4.78 is 23.4. The van der Waals surface area contributed by atoms with Crippen LogP contribution in [0.4, 0.5) is 0 Å². The molecule has 6 heteroatoms. The lowest BCUT2D eigenvalue weighted by Gasteiger charge is -2.63. The molecule has 0 radical (unpaired) electrons. The second-order valence-corrected chi connectivity index (χ2v) is 13.2. The Kier molecular flexibility index (Phi) is 6.84. The van der Waals surface area contributed by atoms with Crippen LogP contribution >= 0.6 is 11.8 Å². The molecule has 6 atom stereocenters. The maximum atomic E-state index is 12.7. The Hall–Kier alpha value is -1.76. The number of cyclic esters (lactones) is 1. The largest absolute Gasteiger partial charge is 0.497 e. The Morgan fingerprint density at radius 2 is 1.89 bits per heavy atom. The zero-order chi connectivity index (χ0) is 25.7. The van der Waals surface area contributed by atoms with Crippen molar-refractivity contribution >= 4 is 17.7 Å². The molecule has 1 unspecified atom stereocenters. The van der Waals surface area contributed by atoms with Gasteiger partial charge in [0.05, 0.1) is 19.8 Å². The van der Waals surface area contributed by atoms with Crippen LogP contribution in [0.3, 0.4) is 0 Å². The van der Waals surface area contributed by atoms with Crippen LogP contribution in [-0.2, 0) is 19.0 Å². The number of fused-ring (bicyclic) bond motifs is 3. The number of esters is 1. The Morgan fingerprint density at radius 3 is 2.56 bits per heavy atom. The van der Waals surface area contributed by atoms with E-state index in [-0.39, 0.29) is 28.2 Å². The third kappa shape index (κ3) is 4.54. The van der Waals surface area contributed by atoms with Crippen LogP contribution in [0.25, 0.3) is 0 Å². The molecule has 0 N–H and O–H groups in total. The molecule has 1 saturated heterocycles. The van der Waals surface area contributed by atoms with Gasteiger partial charge in [-0.25, -0.2) is 4.79 Å². The quantitative estimate of drug-likeness (QED) is 0.244. The van der Waals surface area contributed by atoms with Crippen LogP contribution in [0, 0.1) is 22.7 Å². The minimum atomic E-state index is -0.523. The molecule has 196 valence electrons. The van der Waals surface area contributed by atoms with E-state index in [2.05, 4.69) is 32.6 Å². The van der Waals surface area contributed by atoms with Gasteiger partial charge < -0.3 is 18.9 Å². The van der Waals surface area contributed by atoms with E-state index in [1.54, 1.807) is 18.9 Å². The summed E-state index contributed by atoms with van der Waals surface area (Å²) in [5.74, 6) is 0.915. The van der Waals surface area contributed by atoms with E-state index < -0.39 is 5.79 Å². The van der Waals surface area contributed by atoms with Gasteiger partial charge in [-0.1, -0.05) is 26.0 Å². The molecular weight excluding hydrogens is 472 g/mol. The van der Waals surface area contributed by atoms with Crippen molar-refractivity contribution in [2.45, 2.75) is 81.8 Å². The Bertz CT molecular complexity index is 1050. The van der Waals surface area contributed by atoms with Gasteiger partial charge in [-0.05, 0) is 93.5 Å². The zero-order valence-electron chi connectivity index (χ0n) is 22.3. The highest BCUT2D eigenvalue weighted by atomic mass is 32.2. The van der Waals surface area contributed by atoms with Gasteiger partial charge in [0.15, 0.2) is 5.79 Å². The minimum Gasteiger partial charge on any atom is -0.497 e. The van der Waals surface area contributed by atoms with E-state index in [0.717, 1.165) is 54.9 Å². The average molecular weight is 513 g/mol. The Balaban J connectivity index is 1.43. The SMILES string of the molecule is C=C1CC[C@@H]2[C@]3(C)COC(C)(C)O[C@@H]3CC[C@@]2(C)[C@@H]1CC(Sc1ccc(OC)cc1)C1=CCOC1=O. The van der Waals surface area contributed by atoms with Gasteiger partial charge in [-0.3, -0.25) is 0 Å². The Morgan fingerprint density at radius 1 is 1.14 bits per heavy atom. The number of ether oxygens (including phenoxy) is 4. The topological polar surface area (TPSA) is 54.0 Å². The number of methoxy groups -OCH3 is 1. The van der Waals surface area contributed by atoms with Gasteiger partial charge in [0, 0.05) is 21.1 Å². The van der Waals surface area contributed by atoms with E-state index in [1.807, 2.05) is 32.1 Å². The number of thioether (sulfide) groups is 1. The van der Waals surface area contributed by atoms with Crippen molar-refractivity contribution in [3.05, 3.63) is 48.1 Å². The number of allylic oxidation sites excluding steroid dienone is 1. The number of hydrogen-bond acceptors (Lipinski definition) is 6. The van der Waals surface area contributed by atoms with E-state index in [0.29, 0.717) is 18.4 Å². The molecule has 0 aromatic heterocycles. The highest BCUT2D eigenvalue weighted by molar-refractivity contribution is 8.00. The van der Waals surface area contributed by atoms with Gasteiger partial charge in [-0.2, -0.15) is 0 Å². The summed E-state index contributed by atoms with van der Waals surface area (Å²) in [6, 6.07) is 8.10. The second kappa shape index (κ2) is 9.52. The fraction of sp³-hybridized carbons (Fsp3) is 0.633. The first-order chi connectivity index (χ1) is 17.1. The number of carbonyl (C=O) groups excluding carboxylic acids is 1. The highest BCUT2D eigenvalue weighted by Gasteiger charge is 2.61. The summed E-state index contributed by atoms with van der Waals surface area (Å²) in [6.07, 6.45) is 7.31. The summed E-state index contributed by atoms with van der Waals surface area (Å²) in [5.41, 5.74) is 2.17. The number of benzene rings is 1. The summed E-state index contributed by atoms with van der Waals surface area (Å²) in [4.78, 5) is 13.8. The summed E-state index contributed by atoms with van der Waals surface area (Å²) in [5, 5.41) is 0.00837. The average Bonchev–Trinajstić information content (AvgIpc) is 3.27. The molecule has 4 aliphatic rings. The molecule has 5 rings (SSSR count). The molecule has 2 aliphatic carbocycles. The standard InChI is InChI=1S/C30H40O5S/c1-19-7-12-25-29(4,15-13-26-30(25,5)18-34-28(2,3)35-26)23(19)17-24(22-14-16-33-27(22)31)36-21-10-8-20(32-6)9-11-21/h8-11,14,23-26H,1,7,12-13,15-18H2,2-6H3/t23-,24?,25+,26-,29+,30+/m1/s1. The van der Waals surface area contributed by atoms with Crippen molar-refractivity contribution in [2.24, 2.45) is 22.7 Å². The van der Waals surface area contributed by atoms with Gasteiger partial charge >= 0.3 is 5.97 Å². The molecule has 2 aliphatic heterocycles. The van der Waals surface area contributed by atoms with E-state index in [1.165, 1.54) is 5.57 Å². The maximum absolute atomic E-state index is 12.7. The molecule has 36 heavy (non-hydrogen) atoms. The Labute approximate surface area is 220 Å². The van der Waals surface area contributed by atoms with Crippen LogP contribution < -0.4 is 4.74 Å². The molecule has 0 bridgehead atoms. The molecule has 3 fully saturated rings. The van der Waals surface area contributed by atoms with Crippen molar-refractivity contribution in [3.8, 4) is 5.75 Å². The van der Waals surface area contributed by atoms with Crippen LogP contribution in [-0.4, -0.2) is 43.4 Å². The van der Waals surface area contributed by atoms with Crippen LogP contribution in [0.1, 0.15) is 59.8 Å². The van der Waals surface area contributed by atoms with Crippen LogP contribution in [0.15, 0.2) is 53.0 Å². The predicted molar refractivity (Wildman–Crippen MR) is 142 cm³/mol. The molecule has 0 spiro atoms. The fourth-order valence-corrected chi connectivity index (χ4v) is 8.64. The smallest absolute Gasteiger partial charge is 0.335 e. The van der Waals surface area contributed by atoms with Crippen molar-refractivity contribution in [3.63, 3.8) is 0 Å². The lowest BCUT2D eigenvalue weighted by atomic mass is 9.46. The molecule has 5 nitrogen and oxygen atoms in total. The minimum absolute atomic E-state index is 0.00837. The molecule has 1 aromatic rings. The fourth-order valence-electron chi connectivity index (χ4n) is 7.41. The van der Waals surface area contributed by atoms with Gasteiger partial charge in [0.1, 0.15) is 12.4 Å². The lowest BCUT2D eigenvalue weighted by molar-refractivity contribution is -0.344. The summed E-state index contributed by atoms with van der Waals surface area (Å²) >= 11 is 1.75. The normalized spacial score (nSPS) is 36.4. The predicted octanol–water partition coefficient (Wildman–Crippen LogP) is 6.57. The lowest BCUT2D eigenvalue weighted by Crippen LogP contribution is -2.63. The van der Waals surface area contributed by atoms with E-state index in [4.69, 9.17) is 18.9 Å². The summed E-state index contributed by atoms with van der Waals surface area (Å²) in [6.45, 7) is 14.6. The van der Waals surface area contributed by atoms with Gasteiger partial charge in [-0.15, -0.1) is 11.8 Å². The van der Waals surface area contributed by atoms with Crippen LogP contribution in [0.2, 0.25) is 0 Å². The van der Waals surface area contributed by atoms with Gasteiger partial charge in [0.2, 0.25) is 0 Å². The second-order valence-electron chi connectivity index (χ2n) is 11.9. The third-order valence-corrected chi connectivity index (χ3v) is 10.6. The van der Waals surface area contributed by atoms with E-state index in [9.17, 15) is 4.79 Å². The number of hydrogen-bond donors (Lipinski definition) is 0. The molecule has 1 aromatic carbocycles. The molecule has 0 amide bonds. The first kappa shape index (κ1) is 25.9. The van der Waals surface area contributed by atoms with Crippen molar-refractivity contribution < 1.29 is 23.7 Å². The first-order valence-corrected chi connectivity index (χ1v) is 14.1. The molecule has 2 saturated carbocycles. The third-order valence-electron chi connectivity index (χ3n) is 9.36. The maximum Gasteiger partial charge on any atom is 0.335 e. The molecular formula is C30H40O5S.